The monoisotopic (exact) mass is 495 g/mol. The van der Waals surface area contributed by atoms with Crippen LogP contribution in [0.4, 0.5) is 18.9 Å². The van der Waals surface area contributed by atoms with E-state index in [1.54, 1.807) is 36.3 Å². The number of methoxy groups -OCH3 is 1. The van der Waals surface area contributed by atoms with Crippen molar-refractivity contribution >= 4 is 17.2 Å². The zero-order valence-electron chi connectivity index (χ0n) is 19.8. The zero-order valence-corrected chi connectivity index (χ0v) is 19.8. The molecule has 36 heavy (non-hydrogen) atoms. The van der Waals surface area contributed by atoms with Gasteiger partial charge in [-0.05, 0) is 25.1 Å². The molecule has 3 heterocycles. The molecule has 0 aliphatic carbocycles. The number of para-hydroxylation sites is 2. The number of carbonyl (C=O) groups is 1. The van der Waals surface area contributed by atoms with Gasteiger partial charge in [-0.25, -0.2) is 9.50 Å². The van der Waals surface area contributed by atoms with Crippen molar-refractivity contribution in [3.05, 3.63) is 77.6 Å². The summed E-state index contributed by atoms with van der Waals surface area (Å²) in [6.07, 6.45) is -3.50. The van der Waals surface area contributed by atoms with E-state index in [4.69, 9.17) is 4.74 Å². The smallest absolute Gasteiger partial charge is 0.433 e. The van der Waals surface area contributed by atoms with Crippen LogP contribution in [-0.4, -0.2) is 58.7 Å². The molecule has 0 bridgehead atoms. The first-order valence-corrected chi connectivity index (χ1v) is 11.5. The van der Waals surface area contributed by atoms with Crippen LogP contribution in [0, 0.1) is 6.92 Å². The second kappa shape index (κ2) is 9.18. The number of hydrogen-bond acceptors (Lipinski definition) is 5. The molecule has 1 fully saturated rings. The molecule has 0 saturated carbocycles. The Morgan fingerprint density at radius 2 is 1.69 bits per heavy atom. The molecule has 5 rings (SSSR count). The van der Waals surface area contributed by atoms with Crippen molar-refractivity contribution in [2.45, 2.75) is 13.1 Å². The minimum absolute atomic E-state index is 0.0419. The van der Waals surface area contributed by atoms with Gasteiger partial charge in [0.25, 0.3) is 5.91 Å². The molecule has 1 amide bonds. The first kappa shape index (κ1) is 23.7. The highest BCUT2D eigenvalue weighted by molar-refractivity contribution is 6.00. The molecule has 1 saturated heterocycles. The van der Waals surface area contributed by atoms with Crippen LogP contribution in [-0.2, 0) is 6.18 Å². The Morgan fingerprint density at radius 3 is 2.36 bits per heavy atom. The van der Waals surface area contributed by atoms with Gasteiger partial charge >= 0.3 is 6.18 Å². The Bertz CT molecular complexity index is 1410. The normalized spacial score (nSPS) is 14.4. The number of rotatable bonds is 4. The zero-order chi connectivity index (χ0) is 25.4. The lowest BCUT2D eigenvalue weighted by Crippen LogP contribution is -2.48. The first-order chi connectivity index (χ1) is 17.3. The average molecular weight is 496 g/mol. The number of carbonyl (C=O) groups excluding carboxylic acids is 1. The molecular formula is C26H24F3N5O2. The van der Waals surface area contributed by atoms with Gasteiger partial charge in [-0.3, -0.25) is 4.79 Å². The molecule has 2 aromatic carbocycles. The number of hydrogen-bond donors (Lipinski definition) is 0. The molecule has 0 N–H and O–H groups in total. The molecule has 2 aromatic heterocycles. The van der Waals surface area contributed by atoms with E-state index in [1.165, 1.54) is 6.20 Å². The van der Waals surface area contributed by atoms with E-state index < -0.39 is 17.8 Å². The quantitative estimate of drug-likeness (QED) is 0.411. The van der Waals surface area contributed by atoms with E-state index in [-0.39, 0.29) is 16.9 Å². The number of ether oxygens (including phenoxy) is 1. The van der Waals surface area contributed by atoms with Gasteiger partial charge in [-0.15, -0.1) is 0 Å². The van der Waals surface area contributed by atoms with Crippen LogP contribution in [0.15, 0.2) is 60.8 Å². The van der Waals surface area contributed by atoms with Crippen LogP contribution in [0.3, 0.4) is 0 Å². The van der Waals surface area contributed by atoms with Crippen LogP contribution in [0.25, 0.3) is 16.9 Å². The summed E-state index contributed by atoms with van der Waals surface area (Å²) in [5, 5.41) is 3.89. The molecule has 0 spiro atoms. The maximum Gasteiger partial charge on any atom is 0.433 e. The number of aromatic nitrogens is 3. The molecule has 7 nitrogen and oxygen atoms in total. The standard InChI is InChI=1S/C26H24F3N5O2/c1-17-7-9-18(10-8-17)20-15-23(26(27,28)29)34-24(31-20)19(16-30-34)25(35)33-13-11-32(12-14-33)21-5-3-4-6-22(21)36-2/h3-10,15-16H,11-14H2,1-2H3. The minimum atomic E-state index is -4.67. The van der Waals surface area contributed by atoms with Crippen molar-refractivity contribution in [3.8, 4) is 17.0 Å². The predicted molar refractivity (Wildman–Crippen MR) is 129 cm³/mol. The second-order valence-electron chi connectivity index (χ2n) is 8.64. The van der Waals surface area contributed by atoms with Crippen molar-refractivity contribution in [3.63, 3.8) is 0 Å². The fraction of sp³-hybridized carbons (Fsp3) is 0.269. The van der Waals surface area contributed by atoms with E-state index in [0.29, 0.717) is 36.3 Å². The van der Waals surface area contributed by atoms with Crippen molar-refractivity contribution in [2.75, 3.05) is 38.2 Å². The highest BCUT2D eigenvalue weighted by atomic mass is 19.4. The third kappa shape index (κ3) is 4.34. The topological polar surface area (TPSA) is 63.0 Å². The predicted octanol–water partition coefficient (Wildman–Crippen LogP) is 4.69. The summed E-state index contributed by atoms with van der Waals surface area (Å²) < 4.78 is 47.9. The molecule has 1 aliphatic rings. The highest BCUT2D eigenvalue weighted by Crippen LogP contribution is 2.33. The maximum absolute atomic E-state index is 13.9. The summed E-state index contributed by atoms with van der Waals surface area (Å²) in [5.74, 6) is 0.346. The van der Waals surface area contributed by atoms with Gasteiger partial charge in [-0.1, -0.05) is 42.0 Å². The fourth-order valence-corrected chi connectivity index (χ4v) is 4.40. The lowest BCUT2D eigenvalue weighted by atomic mass is 10.1. The number of piperazine rings is 1. The van der Waals surface area contributed by atoms with Crippen molar-refractivity contribution in [2.24, 2.45) is 0 Å². The second-order valence-corrected chi connectivity index (χ2v) is 8.64. The number of amides is 1. The largest absolute Gasteiger partial charge is 0.495 e. The van der Waals surface area contributed by atoms with Crippen LogP contribution < -0.4 is 9.64 Å². The molecule has 0 unspecified atom stereocenters. The number of aryl methyl sites for hydroxylation is 1. The summed E-state index contributed by atoms with van der Waals surface area (Å²) in [7, 11) is 1.61. The molecule has 1 aliphatic heterocycles. The lowest BCUT2D eigenvalue weighted by Gasteiger charge is -2.36. The average Bonchev–Trinajstić information content (AvgIpc) is 3.31. The number of anilines is 1. The third-order valence-electron chi connectivity index (χ3n) is 6.33. The lowest BCUT2D eigenvalue weighted by molar-refractivity contribution is -0.142. The van der Waals surface area contributed by atoms with Gasteiger partial charge in [0.1, 0.15) is 11.3 Å². The summed E-state index contributed by atoms with van der Waals surface area (Å²) in [6, 6.07) is 15.6. The van der Waals surface area contributed by atoms with E-state index >= 15 is 0 Å². The van der Waals surface area contributed by atoms with Gasteiger partial charge in [0.15, 0.2) is 11.3 Å². The Kier molecular flexibility index (Phi) is 6.03. The van der Waals surface area contributed by atoms with Gasteiger partial charge in [0, 0.05) is 31.7 Å². The summed E-state index contributed by atoms with van der Waals surface area (Å²) in [4.78, 5) is 21.6. The van der Waals surface area contributed by atoms with Gasteiger partial charge in [0.2, 0.25) is 0 Å². The van der Waals surface area contributed by atoms with Gasteiger partial charge in [-0.2, -0.15) is 18.3 Å². The molecular weight excluding hydrogens is 471 g/mol. The Hall–Kier alpha value is -4.08. The first-order valence-electron chi connectivity index (χ1n) is 11.5. The molecule has 4 aromatic rings. The van der Waals surface area contributed by atoms with E-state index in [2.05, 4.69) is 15.0 Å². The number of halogens is 3. The van der Waals surface area contributed by atoms with Gasteiger partial charge in [0.05, 0.1) is 24.7 Å². The van der Waals surface area contributed by atoms with E-state index in [9.17, 15) is 18.0 Å². The van der Waals surface area contributed by atoms with Crippen LogP contribution >= 0.6 is 0 Å². The fourth-order valence-electron chi connectivity index (χ4n) is 4.40. The Labute approximate surface area is 205 Å². The molecule has 10 heteroatoms. The van der Waals surface area contributed by atoms with E-state index in [0.717, 1.165) is 23.1 Å². The summed E-state index contributed by atoms with van der Waals surface area (Å²) in [5.41, 5.74) is 1.51. The van der Waals surface area contributed by atoms with Crippen molar-refractivity contribution < 1.29 is 22.7 Å². The molecule has 0 radical (unpaired) electrons. The SMILES string of the molecule is COc1ccccc1N1CCN(C(=O)c2cnn3c(C(F)(F)F)cc(-c4ccc(C)cc4)nc23)CC1. The number of alkyl halides is 3. The van der Waals surface area contributed by atoms with Crippen molar-refractivity contribution in [1.29, 1.82) is 0 Å². The number of fused-ring (bicyclic) bond motifs is 1. The summed E-state index contributed by atoms with van der Waals surface area (Å²) >= 11 is 0. The van der Waals surface area contributed by atoms with Crippen molar-refractivity contribution in [1.82, 2.24) is 19.5 Å². The van der Waals surface area contributed by atoms with Crippen LogP contribution in [0.5, 0.6) is 5.75 Å². The van der Waals surface area contributed by atoms with Crippen LogP contribution in [0.2, 0.25) is 0 Å². The third-order valence-corrected chi connectivity index (χ3v) is 6.33. The maximum atomic E-state index is 13.9. The van der Waals surface area contributed by atoms with E-state index in [1.807, 2.05) is 31.2 Å². The molecule has 186 valence electrons. The van der Waals surface area contributed by atoms with Gasteiger partial charge < -0.3 is 14.5 Å². The molecule has 0 atom stereocenters. The highest BCUT2D eigenvalue weighted by Gasteiger charge is 2.36. The van der Waals surface area contributed by atoms with Crippen LogP contribution in [0.1, 0.15) is 21.6 Å². The minimum Gasteiger partial charge on any atom is -0.495 e. The number of benzene rings is 2. The number of nitrogens with zero attached hydrogens (tertiary/aromatic N) is 5. The Balaban J connectivity index is 1.46. The summed E-state index contributed by atoms with van der Waals surface area (Å²) in [6.45, 7) is 3.81. The Morgan fingerprint density at radius 1 is 1.00 bits per heavy atom.